The van der Waals surface area contributed by atoms with E-state index in [2.05, 4.69) is 13.8 Å². The molecule has 2 aromatic carbocycles. The lowest BCUT2D eigenvalue weighted by Crippen LogP contribution is -2.32. The van der Waals surface area contributed by atoms with Gasteiger partial charge in [0, 0.05) is 19.2 Å². The number of rotatable bonds is 8. The third-order valence-corrected chi connectivity index (χ3v) is 5.48. The molecule has 2 aliphatic rings. The number of likely N-dealkylation sites (tertiary alicyclic amines) is 1. The molecule has 1 amide bonds. The molecule has 0 bridgehead atoms. The molecule has 2 heterocycles. The largest absolute Gasteiger partial charge is 0.507 e. The van der Waals surface area contributed by atoms with Crippen LogP contribution in [-0.2, 0) is 14.3 Å². The van der Waals surface area contributed by atoms with Crippen molar-refractivity contribution in [2.75, 3.05) is 33.7 Å². The molecular weight excluding hydrogens is 426 g/mol. The first-order valence-corrected chi connectivity index (χ1v) is 10.8. The molecule has 8 heteroatoms. The average Bonchev–Trinajstić information content (AvgIpc) is 3.38. The van der Waals surface area contributed by atoms with Gasteiger partial charge in [-0.2, -0.15) is 0 Å². The second kappa shape index (κ2) is 9.54. The van der Waals surface area contributed by atoms with Gasteiger partial charge in [-0.3, -0.25) is 9.59 Å². The predicted molar refractivity (Wildman–Crippen MR) is 120 cm³/mol. The van der Waals surface area contributed by atoms with Gasteiger partial charge in [-0.15, -0.1) is 0 Å². The lowest BCUT2D eigenvalue weighted by molar-refractivity contribution is -0.140. The molecule has 1 fully saturated rings. The van der Waals surface area contributed by atoms with Crippen LogP contribution in [0.5, 0.6) is 17.2 Å². The SMILES string of the molecule is COCCN1C(=O)C(=O)/C(=C(\O)c2ccc3c(c2)OCO3)C1c1cccc(OCC(C)C)c1. The number of amides is 1. The van der Waals surface area contributed by atoms with Crippen molar-refractivity contribution in [1.82, 2.24) is 4.90 Å². The Kier molecular flexibility index (Phi) is 6.55. The van der Waals surface area contributed by atoms with E-state index in [-0.39, 0.29) is 31.3 Å². The number of ketones is 1. The van der Waals surface area contributed by atoms with E-state index in [9.17, 15) is 14.7 Å². The Balaban J connectivity index is 1.79. The minimum atomic E-state index is -0.784. The van der Waals surface area contributed by atoms with Crippen molar-refractivity contribution in [3.8, 4) is 17.2 Å². The summed E-state index contributed by atoms with van der Waals surface area (Å²) in [7, 11) is 1.53. The Morgan fingerprint density at radius 3 is 2.70 bits per heavy atom. The maximum atomic E-state index is 13.1. The van der Waals surface area contributed by atoms with Crippen LogP contribution < -0.4 is 14.2 Å². The predicted octanol–water partition coefficient (Wildman–Crippen LogP) is 3.52. The number of hydrogen-bond donors (Lipinski definition) is 1. The summed E-state index contributed by atoms with van der Waals surface area (Å²) < 4.78 is 21.7. The molecule has 4 rings (SSSR count). The van der Waals surface area contributed by atoms with Crippen LogP contribution in [-0.4, -0.2) is 55.4 Å². The van der Waals surface area contributed by atoms with Crippen LogP contribution in [0.4, 0.5) is 0 Å². The molecule has 0 radical (unpaired) electrons. The molecule has 2 aromatic rings. The van der Waals surface area contributed by atoms with Crippen LogP contribution in [0, 0.1) is 5.92 Å². The zero-order chi connectivity index (χ0) is 23.5. The van der Waals surface area contributed by atoms with Gasteiger partial charge < -0.3 is 29.0 Å². The van der Waals surface area contributed by atoms with Crippen LogP contribution in [0.25, 0.3) is 5.76 Å². The fourth-order valence-electron chi connectivity index (χ4n) is 3.88. The highest BCUT2D eigenvalue weighted by atomic mass is 16.7. The van der Waals surface area contributed by atoms with Gasteiger partial charge in [-0.1, -0.05) is 26.0 Å². The third-order valence-electron chi connectivity index (χ3n) is 5.48. The van der Waals surface area contributed by atoms with E-state index in [4.69, 9.17) is 18.9 Å². The summed E-state index contributed by atoms with van der Waals surface area (Å²) in [6.45, 7) is 5.16. The number of carbonyl (C=O) groups excluding carboxylic acids is 2. The van der Waals surface area contributed by atoms with E-state index in [1.54, 1.807) is 24.3 Å². The summed E-state index contributed by atoms with van der Waals surface area (Å²) >= 11 is 0. The molecule has 0 saturated carbocycles. The molecule has 33 heavy (non-hydrogen) atoms. The normalized spacial score (nSPS) is 18.9. The van der Waals surface area contributed by atoms with Crippen LogP contribution in [0.1, 0.15) is 31.0 Å². The minimum absolute atomic E-state index is 0.0102. The van der Waals surface area contributed by atoms with Crippen molar-refractivity contribution in [2.24, 2.45) is 5.92 Å². The first-order valence-electron chi connectivity index (χ1n) is 10.8. The van der Waals surface area contributed by atoms with Crippen molar-refractivity contribution in [3.63, 3.8) is 0 Å². The van der Waals surface area contributed by atoms with Gasteiger partial charge in [-0.05, 0) is 41.8 Å². The summed E-state index contributed by atoms with van der Waals surface area (Å²) in [4.78, 5) is 27.4. The van der Waals surface area contributed by atoms with Gasteiger partial charge in [0.1, 0.15) is 11.5 Å². The Labute approximate surface area is 192 Å². The molecule has 1 unspecified atom stereocenters. The standard InChI is InChI=1S/C25H27NO7/c1-15(2)13-31-18-6-4-5-16(11-18)22-21(24(28)25(29)26(22)9-10-30-3)23(27)17-7-8-19-20(12-17)33-14-32-19/h4-8,11-12,15,22,27H,9-10,13-14H2,1-3H3/b23-21-. The molecule has 0 spiro atoms. The molecule has 1 atom stereocenters. The molecule has 1 saturated heterocycles. The topological polar surface area (TPSA) is 94.5 Å². The number of hydrogen-bond acceptors (Lipinski definition) is 7. The van der Waals surface area contributed by atoms with Crippen LogP contribution >= 0.6 is 0 Å². The Morgan fingerprint density at radius 1 is 1.15 bits per heavy atom. The van der Waals surface area contributed by atoms with E-state index in [1.165, 1.54) is 12.0 Å². The molecule has 174 valence electrons. The summed E-state index contributed by atoms with van der Waals surface area (Å²) in [5, 5.41) is 11.2. The number of carbonyl (C=O) groups is 2. The number of aliphatic hydroxyl groups excluding tert-OH is 1. The van der Waals surface area contributed by atoms with E-state index in [0.29, 0.717) is 40.9 Å². The number of aliphatic hydroxyl groups is 1. The van der Waals surface area contributed by atoms with E-state index in [0.717, 1.165) is 0 Å². The van der Waals surface area contributed by atoms with Gasteiger partial charge in [0.2, 0.25) is 6.79 Å². The van der Waals surface area contributed by atoms with Gasteiger partial charge in [0.15, 0.2) is 11.5 Å². The van der Waals surface area contributed by atoms with Crippen LogP contribution in [0.2, 0.25) is 0 Å². The quantitative estimate of drug-likeness (QED) is 0.371. The summed E-state index contributed by atoms with van der Waals surface area (Å²) in [6, 6.07) is 11.3. The molecule has 0 aromatic heterocycles. The maximum absolute atomic E-state index is 13.1. The van der Waals surface area contributed by atoms with Crippen molar-refractivity contribution in [3.05, 3.63) is 59.2 Å². The van der Waals surface area contributed by atoms with E-state index < -0.39 is 17.7 Å². The molecule has 2 aliphatic heterocycles. The third kappa shape index (κ3) is 4.52. The summed E-state index contributed by atoms with van der Waals surface area (Å²) in [5.41, 5.74) is 1.03. The fourth-order valence-corrected chi connectivity index (χ4v) is 3.88. The second-order valence-electron chi connectivity index (χ2n) is 8.33. The van der Waals surface area contributed by atoms with Crippen LogP contribution in [0.15, 0.2) is 48.0 Å². The highest BCUT2D eigenvalue weighted by Crippen LogP contribution is 2.41. The minimum Gasteiger partial charge on any atom is -0.507 e. The number of methoxy groups -OCH3 is 1. The highest BCUT2D eigenvalue weighted by Gasteiger charge is 2.46. The Hall–Kier alpha value is -3.52. The number of Topliss-reactive ketones (excluding diaryl/α,β-unsaturated/α-hetero) is 1. The van der Waals surface area contributed by atoms with Gasteiger partial charge in [0.25, 0.3) is 11.7 Å². The molecule has 0 aliphatic carbocycles. The summed E-state index contributed by atoms with van der Waals surface area (Å²) in [5.74, 6) is 0.276. The van der Waals surface area contributed by atoms with Crippen molar-refractivity contribution < 1.29 is 33.6 Å². The first kappa shape index (κ1) is 22.7. The van der Waals surface area contributed by atoms with Gasteiger partial charge >= 0.3 is 0 Å². The Morgan fingerprint density at radius 2 is 1.94 bits per heavy atom. The zero-order valence-corrected chi connectivity index (χ0v) is 18.9. The molecule has 8 nitrogen and oxygen atoms in total. The highest BCUT2D eigenvalue weighted by molar-refractivity contribution is 6.46. The maximum Gasteiger partial charge on any atom is 0.295 e. The fraction of sp³-hybridized carbons (Fsp3) is 0.360. The number of ether oxygens (including phenoxy) is 4. The molecular formula is C25H27NO7. The second-order valence-corrected chi connectivity index (χ2v) is 8.33. The Bertz CT molecular complexity index is 1090. The van der Waals surface area contributed by atoms with Crippen LogP contribution in [0.3, 0.4) is 0 Å². The average molecular weight is 453 g/mol. The lowest BCUT2D eigenvalue weighted by atomic mass is 9.95. The van der Waals surface area contributed by atoms with Crippen molar-refractivity contribution >= 4 is 17.4 Å². The molecule has 1 N–H and O–H groups in total. The van der Waals surface area contributed by atoms with Crippen molar-refractivity contribution in [2.45, 2.75) is 19.9 Å². The number of benzene rings is 2. The van der Waals surface area contributed by atoms with E-state index >= 15 is 0 Å². The smallest absolute Gasteiger partial charge is 0.295 e. The summed E-state index contributed by atoms with van der Waals surface area (Å²) in [6.07, 6.45) is 0. The lowest BCUT2D eigenvalue weighted by Gasteiger charge is -2.25. The zero-order valence-electron chi connectivity index (χ0n) is 18.9. The van der Waals surface area contributed by atoms with Crippen molar-refractivity contribution in [1.29, 1.82) is 0 Å². The first-order chi connectivity index (χ1) is 15.9. The van der Waals surface area contributed by atoms with Gasteiger partial charge in [-0.25, -0.2) is 0 Å². The number of nitrogens with zero attached hydrogens (tertiary/aromatic N) is 1. The monoisotopic (exact) mass is 453 g/mol. The number of fused-ring (bicyclic) bond motifs is 1. The van der Waals surface area contributed by atoms with E-state index in [1.807, 2.05) is 18.2 Å². The van der Waals surface area contributed by atoms with Gasteiger partial charge in [0.05, 0.1) is 24.8 Å².